The molecule has 4 heteroatoms. The third-order valence-corrected chi connectivity index (χ3v) is 4.23. The van der Waals surface area contributed by atoms with Gasteiger partial charge in [-0.15, -0.1) is 0 Å². The molecule has 1 aliphatic heterocycles. The molecule has 1 fully saturated rings. The zero-order chi connectivity index (χ0) is 15.1. The lowest BCUT2D eigenvalue weighted by Crippen LogP contribution is -2.42. The highest BCUT2D eigenvalue weighted by Crippen LogP contribution is 2.20. The Morgan fingerprint density at radius 2 is 1.81 bits per heavy atom. The van der Waals surface area contributed by atoms with E-state index in [4.69, 9.17) is 4.74 Å². The van der Waals surface area contributed by atoms with E-state index in [2.05, 4.69) is 18.7 Å². The fourth-order valence-electron chi connectivity index (χ4n) is 2.80. The highest BCUT2D eigenvalue weighted by molar-refractivity contribution is 5.70. The lowest BCUT2D eigenvalue weighted by atomic mass is 9.96. The normalized spacial score (nSPS) is 16.2. The Bertz CT molecular complexity index is 424. The number of carbonyl (C=O) groups is 1. The van der Waals surface area contributed by atoms with Crippen molar-refractivity contribution in [3.05, 3.63) is 30.3 Å². The third kappa shape index (κ3) is 4.74. The Hall–Kier alpha value is -1.55. The molecular weight excluding hydrogens is 264 g/mol. The fourth-order valence-corrected chi connectivity index (χ4v) is 2.80. The van der Waals surface area contributed by atoms with Gasteiger partial charge in [-0.3, -0.25) is 0 Å². The van der Waals surface area contributed by atoms with Crippen molar-refractivity contribution in [2.24, 2.45) is 5.92 Å². The lowest BCUT2D eigenvalue weighted by Gasteiger charge is -2.33. The van der Waals surface area contributed by atoms with Gasteiger partial charge in [-0.25, -0.2) is 4.79 Å². The maximum absolute atomic E-state index is 12.1. The van der Waals surface area contributed by atoms with Crippen LogP contribution in [0.1, 0.15) is 26.7 Å². The Morgan fingerprint density at radius 1 is 1.19 bits per heavy atom. The van der Waals surface area contributed by atoms with E-state index < -0.39 is 0 Å². The zero-order valence-corrected chi connectivity index (χ0v) is 13.1. The van der Waals surface area contributed by atoms with Crippen LogP contribution in [0.5, 0.6) is 5.75 Å². The smallest absolute Gasteiger partial charge is 0.410 e. The average Bonchev–Trinajstić information content (AvgIpc) is 2.54. The van der Waals surface area contributed by atoms with E-state index >= 15 is 0 Å². The van der Waals surface area contributed by atoms with Crippen molar-refractivity contribution >= 4 is 6.09 Å². The quantitative estimate of drug-likeness (QED) is 0.834. The number of piperidine rings is 1. The summed E-state index contributed by atoms with van der Waals surface area (Å²) in [6.45, 7) is 9.37. The summed E-state index contributed by atoms with van der Waals surface area (Å²) in [5.74, 6) is 1.32. The SMILES string of the molecule is CCN(CC)CC1CCN(C(=O)Oc2ccccc2)CC1. The van der Waals surface area contributed by atoms with E-state index in [0.717, 1.165) is 45.6 Å². The lowest BCUT2D eigenvalue weighted by molar-refractivity contribution is 0.120. The standard InChI is InChI=1S/C17H26N2O2/c1-3-18(4-2)14-15-10-12-19(13-11-15)17(20)21-16-8-6-5-7-9-16/h5-9,15H,3-4,10-14H2,1-2H3. The Morgan fingerprint density at radius 3 is 2.38 bits per heavy atom. The maximum Gasteiger partial charge on any atom is 0.415 e. The topological polar surface area (TPSA) is 32.8 Å². The van der Waals surface area contributed by atoms with Crippen LogP contribution < -0.4 is 4.74 Å². The fraction of sp³-hybridized carbons (Fsp3) is 0.588. The Balaban J connectivity index is 1.77. The first-order chi connectivity index (χ1) is 10.2. The van der Waals surface area contributed by atoms with Crippen molar-refractivity contribution in [3.63, 3.8) is 0 Å². The molecule has 0 aromatic heterocycles. The Labute approximate surface area is 127 Å². The number of likely N-dealkylation sites (tertiary alicyclic amines) is 1. The van der Waals surface area contributed by atoms with Gasteiger partial charge in [0.1, 0.15) is 5.75 Å². The van der Waals surface area contributed by atoms with Gasteiger partial charge in [-0.05, 0) is 44.0 Å². The second-order valence-electron chi connectivity index (χ2n) is 5.60. The number of ether oxygens (including phenoxy) is 1. The van der Waals surface area contributed by atoms with Gasteiger partial charge in [0.2, 0.25) is 0 Å². The van der Waals surface area contributed by atoms with Crippen LogP contribution >= 0.6 is 0 Å². The second kappa shape index (κ2) is 8.03. The van der Waals surface area contributed by atoms with Gasteiger partial charge in [-0.1, -0.05) is 32.0 Å². The van der Waals surface area contributed by atoms with Crippen molar-refractivity contribution in [1.29, 1.82) is 0 Å². The van der Waals surface area contributed by atoms with Crippen molar-refractivity contribution < 1.29 is 9.53 Å². The molecule has 116 valence electrons. The van der Waals surface area contributed by atoms with Crippen LogP contribution in [0.25, 0.3) is 0 Å². The monoisotopic (exact) mass is 290 g/mol. The molecule has 1 heterocycles. The molecule has 0 atom stereocenters. The minimum Gasteiger partial charge on any atom is -0.410 e. The molecule has 0 radical (unpaired) electrons. The van der Waals surface area contributed by atoms with Gasteiger partial charge in [0.25, 0.3) is 0 Å². The van der Waals surface area contributed by atoms with Crippen LogP contribution in [0.4, 0.5) is 4.79 Å². The van der Waals surface area contributed by atoms with Gasteiger partial charge in [0.15, 0.2) is 0 Å². The summed E-state index contributed by atoms with van der Waals surface area (Å²) in [5.41, 5.74) is 0. The molecule has 1 aromatic carbocycles. The summed E-state index contributed by atoms with van der Waals surface area (Å²) in [5, 5.41) is 0. The minimum absolute atomic E-state index is 0.220. The molecular formula is C17H26N2O2. The highest BCUT2D eigenvalue weighted by Gasteiger charge is 2.24. The number of hydrogen-bond acceptors (Lipinski definition) is 3. The molecule has 1 amide bonds. The number of nitrogens with zero attached hydrogens (tertiary/aromatic N) is 2. The van der Waals surface area contributed by atoms with Crippen molar-refractivity contribution in [2.45, 2.75) is 26.7 Å². The van der Waals surface area contributed by atoms with E-state index in [1.54, 1.807) is 0 Å². The van der Waals surface area contributed by atoms with Crippen molar-refractivity contribution in [1.82, 2.24) is 9.80 Å². The summed E-state index contributed by atoms with van der Waals surface area (Å²) in [7, 11) is 0. The predicted molar refractivity (Wildman–Crippen MR) is 84.6 cm³/mol. The second-order valence-corrected chi connectivity index (χ2v) is 5.60. The molecule has 0 spiro atoms. The molecule has 0 aliphatic carbocycles. The number of rotatable bonds is 5. The van der Waals surface area contributed by atoms with Crippen LogP contribution in [0.15, 0.2) is 30.3 Å². The van der Waals surface area contributed by atoms with Gasteiger partial charge >= 0.3 is 6.09 Å². The number of hydrogen-bond donors (Lipinski definition) is 0. The molecule has 1 aromatic rings. The minimum atomic E-state index is -0.220. The largest absolute Gasteiger partial charge is 0.415 e. The molecule has 0 bridgehead atoms. The van der Waals surface area contributed by atoms with Crippen LogP contribution in [-0.2, 0) is 0 Å². The van der Waals surface area contributed by atoms with E-state index in [9.17, 15) is 4.79 Å². The molecule has 21 heavy (non-hydrogen) atoms. The van der Waals surface area contributed by atoms with Gasteiger partial charge in [0.05, 0.1) is 0 Å². The summed E-state index contributed by atoms with van der Waals surface area (Å²) in [6, 6.07) is 9.28. The van der Waals surface area contributed by atoms with Gasteiger partial charge < -0.3 is 14.5 Å². The Kier molecular flexibility index (Phi) is 6.05. The van der Waals surface area contributed by atoms with E-state index in [-0.39, 0.29) is 6.09 Å². The number of benzene rings is 1. The van der Waals surface area contributed by atoms with E-state index in [0.29, 0.717) is 11.7 Å². The molecule has 4 nitrogen and oxygen atoms in total. The zero-order valence-electron chi connectivity index (χ0n) is 13.1. The molecule has 2 rings (SSSR count). The number of carbonyl (C=O) groups excluding carboxylic acids is 1. The molecule has 0 saturated carbocycles. The first-order valence-corrected chi connectivity index (χ1v) is 7.97. The number of para-hydroxylation sites is 1. The van der Waals surface area contributed by atoms with E-state index in [1.165, 1.54) is 0 Å². The predicted octanol–water partition coefficient (Wildman–Crippen LogP) is 3.24. The van der Waals surface area contributed by atoms with Crippen LogP contribution in [0, 0.1) is 5.92 Å². The highest BCUT2D eigenvalue weighted by atomic mass is 16.6. The van der Waals surface area contributed by atoms with Crippen LogP contribution in [-0.4, -0.2) is 48.6 Å². The molecule has 0 unspecified atom stereocenters. The molecule has 0 N–H and O–H groups in total. The molecule has 1 aliphatic rings. The summed E-state index contributed by atoms with van der Waals surface area (Å²) < 4.78 is 5.39. The summed E-state index contributed by atoms with van der Waals surface area (Å²) >= 11 is 0. The van der Waals surface area contributed by atoms with Crippen LogP contribution in [0.3, 0.4) is 0 Å². The third-order valence-electron chi connectivity index (χ3n) is 4.23. The summed E-state index contributed by atoms with van der Waals surface area (Å²) in [4.78, 5) is 16.4. The first-order valence-electron chi connectivity index (χ1n) is 7.97. The van der Waals surface area contributed by atoms with Crippen molar-refractivity contribution in [3.8, 4) is 5.75 Å². The van der Waals surface area contributed by atoms with Gasteiger partial charge in [-0.2, -0.15) is 0 Å². The number of amides is 1. The summed E-state index contributed by atoms with van der Waals surface area (Å²) in [6.07, 6.45) is 1.92. The van der Waals surface area contributed by atoms with Crippen molar-refractivity contribution in [2.75, 3.05) is 32.7 Å². The molecule has 1 saturated heterocycles. The maximum atomic E-state index is 12.1. The average molecular weight is 290 g/mol. The van der Waals surface area contributed by atoms with Gasteiger partial charge in [0, 0.05) is 19.6 Å². The van der Waals surface area contributed by atoms with E-state index in [1.807, 2.05) is 35.2 Å². The first kappa shape index (κ1) is 15.8. The van der Waals surface area contributed by atoms with Crippen LogP contribution in [0.2, 0.25) is 0 Å².